The molecule has 1 unspecified atom stereocenters. The van der Waals surface area contributed by atoms with Crippen LogP contribution in [-0.4, -0.2) is 13.2 Å². The smallest absolute Gasteiger partial charge is 0.144 e. The summed E-state index contributed by atoms with van der Waals surface area (Å²) in [5.74, 6) is 1.20. The van der Waals surface area contributed by atoms with Gasteiger partial charge in [-0.1, -0.05) is 30.3 Å². The van der Waals surface area contributed by atoms with Crippen LogP contribution in [0.1, 0.15) is 11.5 Å². The van der Waals surface area contributed by atoms with Crippen LogP contribution in [0.25, 0.3) is 0 Å². The lowest BCUT2D eigenvalue weighted by atomic mass is 10.0. The summed E-state index contributed by atoms with van der Waals surface area (Å²) in [7, 11) is 0. The van der Waals surface area contributed by atoms with Gasteiger partial charge in [0.05, 0.1) is 12.3 Å². The van der Waals surface area contributed by atoms with Gasteiger partial charge in [-0.15, -0.1) is 0 Å². The number of rotatable bonds is 1. The van der Waals surface area contributed by atoms with Crippen molar-refractivity contribution in [3.63, 3.8) is 0 Å². The summed E-state index contributed by atoms with van der Waals surface area (Å²) in [6, 6.07) is 16.2. The van der Waals surface area contributed by atoms with E-state index in [2.05, 4.69) is 29.6 Å². The lowest BCUT2D eigenvalue weighted by Gasteiger charge is -2.14. The highest BCUT2D eigenvalue weighted by atomic mass is 16.5. The fourth-order valence-electron chi connectivity index (χ4n) is 2.23. The van der Waals surface area contributed by atoms with Gasteiger partial charge in [0.25, 0.3) is 0 Å². The SMILES string of the molecule is Nc1ccc2c(c1)OCC(c1ccccc1)CN2. The Morgan fingerprint density at radius 1 is 1.11 bits per heavy atom. The van der Waals surface area contributed by atoms with Crippen LogP contribution in [0.3, 0.4) is 0 Å². The first-order valence-electron chi connectivity index (χ1n) is 6.14. The first-order valence-corrected chi connectivity index (χ1v) is 6.14. The molecule has 0 radical (unpaired) electrons. The number of benzene rings is 2. The molecule has 0 spiro atoms. The maximum atomic E-state index is 5.85. The van der Waals surface area contributed by atoms with E-state index in [-0.39, 0.29) is 0 Å². The van der Waals surface area contributed by atoms with Crippen molar-refractivity contribution in [1.29, 1.82) is 0 Å². The molecule has 0 saturated heterocycles. The van der Waals surface area contributed by atoms with E-state index in [1.807, 2.05) is 24.3 Å². The molecule has 92 valence electrons. The summed E-state index contributed by atoms with van der Waals surface area (Å²) in [4.78, 5) is 0. The van der Waals surface area contributed by atoms with Gasteiger partial charge in [0.1, 0.15) is 5.75 Å². The number of nitrogens with one attached hydrogen (secondary N) is 1. The quantitative estimate of drug-likeness (QED) is 0.753. The first-order chi connectivity index (χ1) is 8.83. The van der Waals surface area contributed by atoms with Crippen molar-refractivity contribution in [2.45, 2.75) is 5.92 Å². The molecule has 1 atom stereocenters. The number of nitrogen functional groups attached to an aromatic ring is 1. The molecule has 0 aliphatic carbocycles. The first kappa shape index (κ1) is 11.0. The zero-order chi connectivity index (χ0) is 12.4. The van der Waals surface area contributed by atoms with Gasteiger partial charge in [0.15, 0.2) is 0 Å². The van der Waals surface area contributed by atoms with Crippen LogP contribution in [0, 0.1) is 0 Å². The highest BCUT2D eigenvalue weighted by molar-refractivity contribution is 5.63. The second-order valence-electron chi connectivity index (χ2n) is 4.56. The van der Waals surface area contributed by atoms with Gasteiger partial charge < -0.3 is 15.8 Å². The molecule has 0 saturated carbocycles. The van der Waals surface area contributed by atoms with E-state index >= 15 is 0 Å². The molecule has 2 aromatic rings. The Balaban J connectivity index is 1.83. The summed E-state index contributed by atoms with van der Waals surface area (Å²) in [5.41, 5.74) is 8.81. The molecule has 3 N–H and O–H groups in total. The highest BCUT2D eigenvalue weighted by Crippen LogP contribution is 2.31. The van der Waals surface area contributed by atoms with Crippen molar-refractivity contribution in [1.82, 2.24) is 0 Å². The van der Waals surface area contributed by atoms with Crippen molar-refractivity contribution >= 4 is 11.4 Å². The third-order valence-electron chi connectivity index (χ3n) is 3.26. The van der Waals surface area contributed by atoms with E-state index in [0.29, 0.717) is 12.5 Å². The molecular weight excluding hydrogens is 224 g/mol. The summed E-state index contributed by atoms with van der Waals surface area (Å²) in [6.45, 7) is 1.55. The molecular formula is C15H16N2O. The van der Waals surface area contributed by atoms with Crippen LogP contribution in [0.5, 0.6) is 5.75 Å². The van der Waals surface area contributed by atoms with Crippen LogP contribution in [0.4, 0.5) is 11.4 Å². The summed E-state index contributed by atoms with van der Waals surface area (Å²) in [6.07, 6.45) is 0. The molecule has 18 heavy (non-hydrogen) atoms. The minimum Gasteiger partial charge on any atom is -0.491 e. The van der Waals surface area contributed by atoms with Gasteiger partial charge >= 0.3 is 0 Å². The lowest BCUT2D eigenvalue weighted by Crippen LogP contribution is -2.15. The third-order valence-corrected chi connectivity index (χ3v) is 3.26. The van der Waals surface area contributed by atoms with Gasteiger partial charge in [0, 0.05) is 24.2 Å². The number of nitrogens with two attached hydrogens (primary N) is 1. The molecule has 3 heteroatoms. The van der Waals surface area contributed by atoms with Gasteiger partial charge in [-0.2, -0.15) is 0 Å². The maximum absolute atomic E-state index is 5.85. The van der Waals surface area contributed by atoms with Gasteiger partial charge in [-0.25, -0.2) is 0 Å². The Kier molecular flexibility index (Phi) is 2.81. The Morgan fingerprint density at radius 3 is 2.78 bits per heavy atom. The Labute approximate surface area is 107 Å². The monoisotopic (exact) mass is 240 g/mol. The lowest BCUT2D eigenvalue weighted by molar-refractivity contribution is 0.301. The molecule has 3 rings (SSSR count). The number of fused-ring (bicyclic) bond motifs is 1. The van der Waals surface area contributed by atoms with Crippen LogP contribution < -0.4 is 15.8 Å². The molecule has 2 aromatic carbocycles. The van der Waals surface area contributed by atoms with Crippen molar-refractivity contribution < 1.29 is 4.74 Å². The second kappa shape index (κ2) is 4.61. The largest absolute Gasteiger partial charge is 0.491 e. The van der Waals surface area contributed by atoms with Crippen LogP contribution in [-0.2, 0) is 0 Å². The molecule has 1 heterocycles. The van der Waals surface area contributed by atoms with Gasteiger partial charge in [-0.05, 0) is 17.7 Å². The molecule has 0 aromatic heterocycles. The number of ether oxygens (including phenoxy) is 1. The van der Waals surface area contributed by atoms with Crippen LogP contribution >= 0.6 is 0 Å². The molecule has 0 fully saturated rings. The third kappa shape index (κ3) is 2.12. The van der Waals surface area contributed by atoms with Crippen molar-refractivity contribution in [2.24, 2.45) is 0 Å². The maximum Gasteiger partial charge on any atom is 0.144 e. The fourth-order valence-corrected chi connectivity index (χ4v) is 2.23. The van der Waals surface area contributed by atoms with Gasteiger partial charge in [-0.3, -0.25) is 0 Å². The number of anilines is 2. The number of hydrogen-bond acceptors (Lipinski definition) is 3. The molecule has 3 nitrogen and oxygen atoms in total. The normalized spacial score (nSPS) is 18.1. The van der Waals surface area contributed by atoms with Crippen LogP contribution in [0.15, 0.2) is 48.5 Å². The summed E-state index contributed by atoms with van der Waals surface area (Å²) >= 11 is 0. The minimum atomic E-state index is 0.361. The summed E-state index contributed by atoms with van der Waals surface area (Å²) < 4.78 is 5.85. The Bertz CT molecular complexity index is 539. The Morgan fingerprint density at radius 2 is 1.94 bits per heavy atom. The van der Waals surface area contributed by atoms with E-state index in [0.717, 1.165) is 23.7 Å². The highest BCUT2D eigenvalue weighted by Gasteiger charge is 2.18. The standard InChI is InChI=1S/C15H16N2O/c16-13-6-7-14-15(8-13)18-10-12(9-17-14)11-4-2-1-3-5-11/h1-8,12,17H,9-10,16H2. The fraction of sp³-hybridized carbons (Fsp3) is 0.200. The molecule has 0 bridgehead atoms. The molecule has 1 aliphatic rings. The van der Waals surface area contributed by atoms with E-state index < -0.39 is 0 Å². The average Bonchev–Trinajstić information content (AvgIpc) is 2.62. The Hall–Kier alpha value is -2.16. The van der Waals surface area contributed by atoms with Crippen LogP contribution in [0.2, 0.25) is 0 Å². The predicted molar refractivity (Wildman–Crippen MR) is 74.0 cm³/mol. The van der Waals surface area contributed by atoms with E-state index in [4.69, 9.17) is 10.5 Å². The molecule has 0 amide bonds. The van der Waals surface area contributed by atoms with Gasteiger partial charge in [0.2, 0.25) is 0 Å². The predicted octanol–water partition coefficient (Wildman–Crippen LogP) is 2.86. The zero-order valence-electron chi connectivity index (χ0n) is 10.1. The number of hydrogen-bond donors (Lipinski definition) is 2. The van der Waals surface area contributed by atoms with E-state index in [1.165, 1.54) is 5.56 Å². The van der Waals surface area contributed by atoms with E-state index in [9.17, 15) is 0 Å². The van der Waals surface area contributed by atoms with Crippen molar-refractivity contribution in [3.05, 3.63) is 54.1 Å². The van der Waals surface area contributed by atoms with Crippen molar-refractivity contribution in [2.75, 3.05) is 24.2 Å². The topological polar surface area (TPSA) is 47.3 Å². The average molecular weight is 240 g/mol. The minimum absolute atomic E-state index is 0.361. The zero-order valence-corrected chi connectivity index (χ0v) is 10.1. The van der Waals surface area contributed by atoms with Crippen molar-refractivity contribution in [3.8, 4) is 5.75 Å². The summed E-state index contributed by atoms with van der Waals surface area (Å²) in [5, 5.41) is 3.42. The second-order valence-corrected chi connectivity index (χ2v) is 4.56. The van der Waals surface area contributed by atoms with E-state index in [1.54, 1.807) is 0 Å². The molecule has 1 aliphatic heterocycles.